The molecule has 0 radical (unpaired) electrons. The Morgan fingerprint density at radius 1 is 0.926 bits per heavy atom. The smallest absolute Gasteiger partial charge is 0.120 e. The Kier molecular flexibility index (Phi) is 7.96. The molecule has 1 aromatic rings. The van der Waals surface area contributed by atoms with E-state index < -0.39 is 0 Å². The van der Waals surface area contributed by atoms with Gasteiger partial charge in [0.15, 0.2) is 0 Å². The summed E-state index contributed by atoms with van der Waals surface area (Å²) >= 11 is 0. The Morgan fingerprint density at radius 3 is 1.89 bits per heavy atom. The molecule has 0 aliphatic rings. The van der Waals surface area contributed by atoms with Crippen molar-refractivity contribution in [3.8, 4) is 5.75 Å². The second kappa shape index (κ2) is 8.96. The number of benzene rings is 1. The molecule has 3 nitrogen and oxygen atoms in total. The highest BCUT2D eigenvalue weighted by Crippen LogP contribution is 2.32. The van der Waals surface area contributed by atoms with E-state index in [0.29, 0.717) is 17.8 Å². The van der Waals surface area contributed by atoms with Crippen LogP contribution in [0, 0.1) is 11.8 Å². The third kappa shape index (κ3) is 7.46. The first kappa shape index (κ1) is 24.0. The first-order chi connectivity index (χ1) is 12.2. The van der Waals surface area contributed by atoms with E-state index in [1.165, 1.54) is 5.56 Å². The minimum Gasteiger partial charge on any atom is -0.488 e. The molecule has 0 spiro atoms. The van der Waals surface area contributed by atoms with Gasteiger partial charge in [-0.2, -0.15) is 0 Å². The second-order valence-corrected chi connectivity index (χ2v) is 10.4. The van der Waals surface area contributed by atoms with Crippen molar-refractivity contribution >= 4 is 0 Å². The summed E-state index contributed by atoms with van der Waals surface area (Å²) in [5, 5.41) is 3.41. The van der Waals surface area contributed by atoms with Crippen LogP contribution in [0.1, 0.15) is 86.6 Å². The molecule has 1 rings (SSSR count). The average Bonchev–Trinajstić information content (AvgIpc) is 2.53. The van der Waals surface area contributed by atoms with Crippen molar-refractivity contribution in [2.24, 2.45) is 17.6 Å². The monoisotopic (exact) mass is 376 g/mol. The molecule has 0 fully saturated rings. The minimum atomic E-state index is -0.210. The zero-order valence-electron chi connectivity index (χ0n) is 19.4. The molecule has 0 bridgehead atoms. The normalized spacial score (nSPS) is 16.7. The molecule has 27 heavy (non-hydrogen) atoms. The molecule has 3 atom stereocenters. The van der Waals surface area contributed by atoms with Gasteiger partial charge >= 0.3 is 0 Å². The zero-order valence-corrected chi connectivity index (χ0v) is 19.4. The fourth-order valence-corrected chi connectivity index (χ4v) is 3.43. The lowest BCUT2D eigenvalue weighted by Crippen LogP contribution is -2.46. The highest BCUT2D eigenvalue weighted by Gasteiger charge is 2.31. The van der Waals surface area contributed by atoms with Crippen molar-refractivity contribution < 1.29 is 4.74 Å². The number of rotatable bonds is 10. The summed E-state index contributed by atoms with van der Waals surface area (Å²) in [6.45, 7) is 19.9. The first-order valence-electron chi connectivity index (χ1n) is 10.4. The van der Waals surface area contributed by atoms with Crippen LogP contribution in [0.4, 0.5) is 0 Å². The standard InChI is InChI=1S/C24H44N2O/c1-17(15-18(2)23(6,7)25)20-11-13-21(14-12-20)27-22(4,5)16-19(3)24(8,9)26-10/h11-14,17-19,26H,15-16,25H2,1-10H3. The number of hydrogen-bond donors (Lipinski definition) is 2. The van der Waals surface area contributed by atoms with Gasteiger partial charge in [-0.05, 0) is 96.9 Å². The predicted molar refractivity (Wildman–Crippen MR) is 119 cm³/mol. The molecular formula is C24H44N2O. The van der Waals surface area contributed by atoms with E-state index in [1.807, 2.05) is 7.05 Å². The van der Waals surface area contributed by atoms with Crippen LogP contribution in [0.25, 0.3) is 0 Å². The summed E-state index contributed by atoms with van der Waals surface area (Å²) in [4.78, 5) is 0. The van der Waals surface area contributed by atoms with Gasteiger partial charge in [-0.25, -0.2) is 0 Å². The number of nitrogens with two attached hydrogens (primary N) is 1. The molecule has 3 heteroatoms. The van der Waals surface area contributed by atoms with Crippen LogP contribution in [0.2, 0.25) is 0 Å². The second-order valence-electron chi connectivity index (χ2n) is 10.4. The topological polar surface area (TPSA) is 47.3 Å². The van der Waals surface area contributed by atoms with Crippen LogP contribution in [0.3, 0.4) is 0 Å². The Balaban J connectivity index is 2.73. The number of hydrogen-bond acceptors (Lipinski definition) is 3. The van der Waals surface area contributed by atoms with Crippen molar-refractivity contribution in [2.75, 3.05) is 7.05 Å². The highest BCUT2D eigenvalue weighted by atomic mass is 16.5. The minimum absolute atomic E-state index is 0.0907. The predicted octanol–water partition coefficient (Wildman–Crippen LogP) is 5.74. The third-order valence-corrected chi connectivity index (χ3v) is 6.49. The van der Waals surface area contributed by atoms with E-state index >= 15 is 0 Å². The Morgan fingerprint density at radius 2 is 1.44 bits per heavy atom. The van der Waals surface area contributed by atoms with Gasteiger partial charge in [-0.1, -0.05) is 32.9 Å². The molecule has 0 saturated heterocycles. The van der Waals surface area contributed by atoms with E-state index in [9.17, 15) is 0 Å². The lowest BCUT2D eigenvalue weighted by atomic mass is 9.81. The molecule has 156 valence electrons. The molecule has 3 N–H and O–H groups in total. The van der Waals surface area contributed by atoms with Crippen LogP contribution in [0.5, 0.6) is 5.75 Å². The lowest BCUT2D eigenvalue weighted by molar-refractivity contribution is 0.0645. The van der Waals surface area contributed by atoms with Crippen molar-refractivity contribution in [2.45, 2.75) is 97.8 Å². The van der Waals surface area contributed by atoms with Crippen LogP contribution >= 0.6 is 0 Å². The summed E-state index contributed by atoms with van der Waals surface area (Å²) in [5.74, 6) is 2.40. The van der Waals surface area contributed by atoms with Gasteiger partial charge in [0.1, 0.15) is 11.4 Å². The maximum Gasteiger partial charge on any atom is 0.120 e. The zero-order chi connectivity index (χ0) is 21.0. The van der Waals surface area contributed by atoms with E-state index in [0.717, 1.165) is 18.6 Å². The molecule has 0 aliphatic heterocycles. The van der Waals surface area contributed by atoms with Gasteiger partial charge in [0.05, 0.1) is 0 Å². The van der Waals surface area contributed by atoms with Gasteiger partial charge in [0.2, 0.25) is 0 Å². The number of ether oxygens (including phenoxy) is 1. The molecule has 0 aromatic heterocycles. The first-order valence-corrected chi connectivity index (χ1v) is 10.4. The van der Waals surface area contributed by atoms with E-state index in [1.54, 1.807) is 0 Å². The largest absolute Gasteiger partial charge is 0.488 e. The van der Waals surface area contributed by atoms with Crippen molar-refractivity contribution in [3.05, 3.63) is 29.8 Å². The quantitative estimate of drug-likeness (QED) is 0.548. The van der Waals surface area contributed by atoms with Gasteiger partial charge in [0, 0.05) is 11.1 Å². The fraction of sp³-hybridized carbons (Fsp3) is 0.750. The summed E-state index contributed by atoms with van der Waals surface area (Å²) < 4.78 is 6.33. The molecule has 0 saturated carbocycles. The van der Waals surface area contributed by atoms with E-state index in [2.05, 4.69) is 91.9 Å². The van der Waals surface area contributed by atoms with Crippen LogP contribution in [0.15, 0.2) is 24.3 Å². The molecular weight excluding hydrogens is 332 g/mol. The molecule has 0 amide bonds. The summed E-state index contributed by atoms with van der Waals surface area (Å²) in [6.07, 6.45) is 2.08. The maximum atomic E-state index is 6.33. The fourth-order valence-electron chi connectivity index (χ4n) is 3.43. The van der Waals surface area contributed by atoms with Crippen molar-refractivity contribution in [1.82, 2.24) is 5.32 Å². The summed E-state index contributed by atoms with van der Waals surface area (Å²) in [6, 6.07) is 8.63. The Labute approximate surface area is 168 Å². The van der Waals surface area contributed by atoms with Crippen molar-refractivity contribution in [3.63, 3.8) is 0 Å². The molecule has 1 aromatic carbocycles. The van der Waals surface area contributed by atoms with Gasteiger partial charge in [0.25, 0.3) is 0 Å². The lowest BCUT2D eigenvalue weighted by Gasteiger charge is -2.37. The van der Waals surface area contributed by atoms with Gasteiger partial charge < -0.3 is 15.8 Å². The summed E-state index contributed by atoms with van der Waals surface area (Å²) in [7, 11) is 2.02. The molecule has 0 aliphatic carbocycles. The molecule has 0 heterocycles. The summed E-state index contributed by atoms with van der Waals surface area (Å²) in [5.41, 5.74) is 7.34. The Hall–Kier alpha value is -1.06. The molecule has 3 unspecified atom stereocenters. The van der Waals surface area contributed by atoms with Crippen LogP contribution < -0.4 is 15.8 Å². The van der Waals surface area contributed by atoms with Crippen LogP contribution in [-0.2, 0) is 0 Å². The van der Waals surface area contributed by atoms with Crippen molar-refractivity contribution in [1.29, 1.82) is 0 Å². The highest BCUT2D eigenvalue weighted by molar-refractivity contribution is 5.29. The maximum absolute atomic E-state index is 6.33. The van der Waals surface area contributed by atoms with Gasteiger partial charge in [-0.3, -0.25) is 0 Å². The Bertz CT molecular complexity index is 569. The SMILES string of the molecule is CNC(C)(C)C(C)CC(C)(C)Oc1ccc(C(C)CC(C)C(C)(C)N)cc1. The average molecular weight is 377 g/mol. The third-order valence-electron chi connectivity index (χ3n) is 6.49. The van der Waals surface area contributed by atoms with E-state index in [-0.39, 0.29) is 16.7 Å². The van der Waals surface area contributed by atoms with Crippen LogP contribution in [-0.4, -0.2) is 23.7 Å². The number of nitrogens with one attached hydrogen (secondary N) is 1. The van der Waals surface area contributed by atoms with Gasteiger partial charge in [-0.15, -0.1) is 0 Å². The van der Waals surface area contributed by atoms with E-state index in [4.69, 9.17) is 10.5 Å².